The highest BCUT2D eigenvalue weighted by Crippen LogP contribution is 2.31. The van der Waals surface area contributed by atoms with Gasteiger partial charge < -0.3 is 10.1 Å². The number of anilines is 1. The van der Waals surface area contributed by atoms with Crippen LogP contribution in [0.4, 0.5) is 23.2 Å². The zero-order valence-electron chi connectivity index (χ0n) is 12.7. The molecule has 1 N–H and O–H groups in total. The number of para-hydroxylation sites is 2. The minimum atomic E-state index is -2.98. The SMILES string of the molecule is O=C(/C=C/c1ccccc1OC(F)F)Nc1ccccc1SC(F)F. The molecule has 3 nitrogen and oxygen atoms in total. The van der Waals surface area contributed by atoms with Gasteiger partial charge in [0.1, 0.15) is 5.75 Å². The molecule has 2 rings (SSSR count). The van der Waals surface area contributed by atoms with E-state index in [1.807, 2.05) is 0 Å². The molecule has 0 aliphatic heterocycles. The third kappa shape index (κ3) is 6.15. The highest BCUT2D eigenvalue weighted by molar-refractivity contribution is 7.99. The van der Waals surface area contributed by atoms with Crippen LogP contribution in [0.5, 0.6) is 5.75 Å². The molecule has 0 aromatic heterocycles. The van der Waals surface area contributed by atoms with Crippen molar-refractivity contribution in [2.45, 2.75) is 17.3 Å². The van der Waals surface area contributed by atoms with Gasteiger partial charge in [-0.25, -0.2) is 0 Å². The zero-order chi connectivity index (χ0) is 18.2. The molecule has 0 radical (unpaired) electrons. The van der Waals surface area contributed by atoms with Crippen molar-refractivity contribution < 1.29 is 27.1 Å². The van der Waals surface area contributed by atoms with Gasteiger partial charge in [-0.15, -0.1) is 0 Å². The van der Waals surface area contributed by atoms with Gasteiger partial charge in [0.2, 0.25) is 5.91 Å². The molecule has 0 unspecified atom stereocenters. The third-order valence-corrected chi connectivity index (χ3v) is 3.70. The summed E-state index contributed by atoms with van der Waals surface area (Å²) in [5.41, 5.74) is 0.521. The summed E-state index contributed by atoms with van der Waals surface area (Å²) in [6.07, 6.45) is 2.41. The standard InChI is InChI=1S/C17H13F4NO2S/c18-16(19)24-13-7-3-1-5-11(13)9-10-15(23)22-12-6-2-4-8-14(12)25-17(20)21/h1-10,16-17H,(H,22,23)/b10-9+. The zero-order valence-corrected chi connectivity index (χ0v) is 13.5. The molecule has 0 fully saturated rings. The molecule has 0 atom stereocenters. The van der Waals surface area contributed by atoms with E-state index in [0.29, 0.717) is 11.8 Å². The second kappa shape index (κ2) is 9.12. The minimum absolute atomic E-state index is 0.0739. The summed E-state index contributed by atoms with van der Waals surface area (Å²) in [4.78, 5) is 12.2. The topological polar surface area (TPSA) is 38.3 Å². The van der Waals surface area contributed by atoms with E-state index in [0.717, 1.165) is 6.08 Å². The Hall–Kier alpha value is -2.48. The number of hydrogen-bond acceptors (Lipinski definition) is 3. The number of nitrogens with one attached hydrogen (secondary N) is 1. The van der Waals surface area contributed by atoms with Crippen LogP contribution in [-0.4, -0.2) is 18.3 Å². The second-order valence-electron chi connectivity index (χ2n) is 4.61. The number of benzene rings is 2. The van der Waals surface area contributed by atoms with Crippen molar-refractivity contribution in [3.05, 3.63) is 60.2 Å². The number of rotatable bonds is 7. The summed E-state index contributed by atoms with van der Waals surface area (Å²) in [5, 5.41) is 2.48. The van der Waals surface area contributed by atoms with E-state index in [1.54, 1.807) is 18.2 Å². The summed E-state index contributed by atoms with van der Waals surface area (Å²) < 4.78 is 54.1. The molecular weight excluding hydrogens is 358 g/mol. The first-order valence-corrected chi connectivity index (χ1v) is 7.90. The molecule has 132 valence electrons. The average Bonchev–Trinajstić information content (AvgIpc) is 2.55. The van der Waals surface area contributed by atoms with E-state index in [4.69, 9.17) is 0 Å². The maximum absolute atomic E-state index is 12.5. The summed E-state index contributed by atoms with van der Waals surface area (Å²) in [5.74, 6) is -3.28. The quantitative estimate of drug-likeness (QED) is 0.410. The normalized spacial score (nSPS) is 11.3. The number of carbonyl (C=O) groups is 1. The van der Waals surface area contributed by atoms with Crippen LogP contribution in [-0.2, 0) is 4.79 Å². The van der Waals surface area contributed by atoms with Crippen molar-refractivity contribution in [3.63, 3.8) is 0 Å². The lowest BCUT2D eigenvalue weighted by Crippen LogP contribution is -2.09. The lowest BCUT2D eigenvalue weighted by molar-refractivity contribution is -0.111. The largest absolute Gasteiger partial charge is 0.434 e. The van der Waals surface area contributed by atoms with Crippen LogP contribution in [0.15, 0.2) is 59.5 Å². The summed E-state index contributed by atoms with van der Waals surface area (Å²) in [6, 6.07) is 12.1. The fraction of sp³-hybridized carbons (Fsp3) is 0.118. The second-order valence-corrected chi connectivity index (χ2v) is 5.65. The Kier molecular flexibility index (Phi) is 6.88. The van der Waals surface area contributed by atoms with Gasteiger partial charge in [-0.3, -0.25) is 4.79 Å². The molecule has 0 saturated heterocycles. The Morgan fingerprint density at radius 2 is 1.72 bits per heavy atom. The number of thioether (sulfide) groups is 1. The van der Waals surface area contributed by atoms with Crippen LogP contribution >= 0.6 is 11.8 Å². The molecule has 8 heteroatoms. The molecule has 0 bridgehead atoms. The van der Waals surface area contributed by atoms with Crippen LogP contribution in [0.2, 0.25) is 0 Å². The van der Waals surface area contributed by atoms with E-state index in [-0.39, 0.29) is 21.9 Å². The van der Waals surface area contributed by atoms with Gasteiger partial charge in [-0.1, -0.05) is 42.1 Å². The van der Waals surface area contributed by atoms with Crippen LogP contribution in [0, 0.1) is 0 Å². The molecule has 2 aromatic carbocycles. The van der Waals surface area contributed by atoms with Crippen molar-refractivity contribution in [2.24, 2.45) is 0 Å². The van der Waals surface area contributed by atoms with Gasteiger partial charge in [-0.2, -0.15) is 17.6 Å². The van der Waals surface area contributed by atoms with Crippen molar-refractivity contribution in [2.75, 3.05) is 5.32 Å². The average molecular weight is 371 g/mol. The predicted octanol–water partition coefficient (Wildman–Crippen LogP) is 5.25. The van der Waals surface area contributed by atoms with E-state index in [9.17, 15) is 22.4 Å². The Morgan fingerprint density at radius 3 is 2.44 bits per heavy atom. The van der Waals surface area contributed by atoms with Crippen molar-refractivity contribution in [1.29, 1.82) is 0 Å². The molecule has 2 aromatic rings. The van der Waals surface area contributed by atoms with Gasteiger partial charge >= 0.3 is 6.61 Å². The van der Waals surface area contributed by atoms with Crippen LogP contribution in [0.1, 0.15) is 5.56 Å². The van der Waals surface area contributed by atoms with E-state index in [1.165, 1.54) is 36.4 Å². The third-order valence-electron chi connectivity index (χ3n) is 2.91. The molecule has 0 spiro atoms. The lowest BCUT2D eigenvalue weighted by Gasteiger charge is -2.09. The Bertz CT molecular complexity index is 753. The number of amides is 1. The predicted molar refractivity (Wildman–Crippen MR) is 89.0 cm³/mol. The van der Waals surface area contributed by atoms with Gasteiger partial charge in [0.05, 0.1) is 5.69 Å². The Labute approximate surface area is 145 Å². The van der Waals surface area contributed by atoms with Crippen LogP contribution in [0.3, 0.4) is 0 Å². The number of hydrogen-bond donors (Lipinski definition) is 1. The molecule has 25 heavy (non-hydrogen) atoms. The fourth-order valence-corrected chi connectivity index (χ4v) is 2.53. The molecule has 1 amide bonds. The van der Waals surface area contributed by atoms with Crippen molar-refractivity contribution in [1.82, 2.24) is 0 Å². The monoisotopic (exact) mass is 371 g/mol. The van der Waals surface area contributed by atoms with E-state index in [2.05, 4.69) is 10.1 Å². The van der Waals surface area contributed by atoms with E-state index < -0.39 is 18.3 Å². The van der Waals surface area contributed by atoms with Crippen molar-refractivity contribution >= 4 is 29.4 Å². The van der Waals surface area contributed by atoms with Crippen molar-refractivity contribution in [3.8, 4) is 5.75 Å². The molecular formula is C17H13F4NO2S. The first-order chi connectivity index (χ1) is 12.0. The number of carbonyl (C=O) groups excluding carboxylic acids is 1. The number of halogens is 4. The maximum Gasteiger partial charge on any atom is 0.387 e. The number of ether oxygens (including phenoxy) is 1. The van der Waals surface area contributed by atoms with Crippen LogP contribution < -0.4 is 10.1 Å². The molecule has 0 aliphatic rings. The molecule has 0 saturated carbocycles. The number of alkyl halides is 4. The summed E-state index contributed by atoms with van der Waals surface area (Å²) >= 11 is 0.315. The first-order valence-electron chi connectivity index (χ1n) is 7.02. The minimum Gasteiger partial charge on any atom is -0.434 e. The highest BCUT2D eigenvalue weighted by Gasteiger charge is 2.11. The van der Waals surface area contributed by atoms with Gasteiger partial charge in [-0.05, 0) is 24.3 Å². The summed E-state index contributed by atoms with van der Waals surface area (Å²) in [6.45, 7) is -2.98. The first kappa shape index (κ1) is 18.9. The highest BCUT2D eigenvalue weighted by atomic mass is 32.2. The molecule has 0 aliphatic carbocycles. The van der Waals surface area contributed by atoms with Crippen LogP contribution in [0.25, 0.3) is 6.08 Å². The fourth-order valence-electron chi connectivity index (χ4n) is 1.93. The van der Waals surface area contributed by atoms with Gasteiger partial charge in [0.25, 0.3) is 5.76 Å². The maximum atomic E-state index is 12.5. The summed E-state index contributed by atoms with van der Waals surface area (Å²) in [7, 11) is 0. The Morgan fingerprint density at radius 1 is 1.04 bits per heavy atom. The molecule has 0 heterocycles. The lowest BCUT2D eigenvalue weighted by atomic mass is 10.2. The van der Waals surface area contributed by atoms with Gasteiger partial charge in [0.15, 0.2) is 0 Å². The van der Waals surface area contributed by atoms with E-state index >= 15 is 0 Å². The smallest absolute Gasteiger partial charge is 0.387 e. The Balaban J connectivity index is 2.10. The van der Waals surface area contributed by atoms with Gasteiger partial charge in [0, 0.05) is 16.5 Å².